The Morgan fingerprint density at radius 3 is 2.95 bits per heavy atom. The van der Waals surface area contributed by atoms with Gasteiger partial charge in [0.1, 0.15) is 0 Å². The number of aromatic nitrogens is 2. The highest BCUT2D eigenvalue weighted by molar-refractivity contribution is 7.99. The molecule has 3 rings (SSSR count). The van der Waals surface area contributed by atoms with Crippen LogP contribution in [-0.2, 0) is 0 Å². The maximum atomic E-state index is 13.1. The first kappa shape index (κ1) is 12.9. The molecule has 1 aliphatic heterocycles. The SMILES string of the molecule is Fc1cc2nc(SCC3CCCNC3)[nH]c2cc1F. The summed E-state index contributed by atoms with van der Waals surface area (Å²) in [5.74, 6) is -0.0886. The predicted molar refractivity (Wildman–Crippen MR) is 72.3 cm³/mol. The van der Waals surface area contributed by atoms with Crippen molar-refractivity contribution in [3.63, 3.8) is 0 Å². The standard InChI is InChI=1S/C13H15F2N3S/c14-9-4-11-12(5-10(9)15)18-13(17-11)19-7-8-2-1-3-16-6-8/h4-5,8,16H,1-3,6-7H2,(H,17,18). The van der Waals surface area contributed by atoms with E-state index < -0.39 is 11.6 Å². The van der Waals surface area contributed by atoms with E-state index in [0.717, 1.165) is 36.1 Å². The Balaban J connectivity index is 1.70. The van der Waals surface area contributed by atoms with Gasteiger partial charge >= 0.3 is 0 Å². The minimum absolute atomic E-state index is 0.475. The van der Waals surface area contributed by atoms with Gasteiger partial charge in [-0.1, -0.05) is 11.8 Å². The Bertz CT molecular complexity index is 540. The summed E-state index contributed by atoms with van der Waals surface area (Å²) in [5, 5.41) is 4.10. The van der Waals surface area contributed by atoms with Crippen LogP contribution in [0, 0.1) is 17.6 Å². The summed E-state index contributed by atoms with van der Waals surface area (Å²) in [5.41, 5.74) is 1.02. The smallest absolute Gasteiger partial charge is 0.166 e. The topological polar surface area (TPSA) is 40.7 Å². The highest BCUT2D eigenvalue weighted by Crippen LogP contribution is 2.25. The third kappa shape index (κ3) is 2.90. The van der Waals surface area contributed by atoms with Crippen LogP contribution < -0.4 is 5.32 Å². The van der Waals surface area contributed by atoms with Gasteiger partial charge in [-0.05, 0) is 31.8 Å². The highest BCUT2D eigenvalue weighted by Gasteiger charge is 2.15. The second-order valence-corrected chi connectivity index (χ2v) is 5.86. The molecule has 0 spiro atoms. The molecule has 0 amide bonds. The van der Waals surface area contributed by atoms with Crippen LogP contribution >= 0.6 is 11.8 Å². The van der Waals surface area contributed by atoms with Crippen LogP contribution in [0.3, 0.4) is 0 Å². The third-order valence-electron chi connectivity index (χ3n) is 3.36. The van der Waals surface area contributed by atoms with Crippen molar-refractivity contribution < 1.29 is 8.78 Å². The van der Waals surface area contributed by atoms with Crippen LogP contribution in [0.25, 0.3) is 11.0 Å². The lowest BCUT2D eigenvalue weighted by atomic mass is 10.0. The Hall–Kier alpha value is -1.14. The van der Waals surface area contributed by atoms with Crippen molar-refractivity contribution in [1.82, 2.24) is 15.3 Å². The summed E-state index contributed by atoms with van der Waals surface area (Å²) in [6.45, 7) is 2.14. The summed E-state index contributed by atoms with van der Waals surface area (Å²) in [4.78, 5) is 7.31. The number of H-pyrrole nitrogens is 1. The largest absolute Gasteiger partial charge is 0.333 e. The molecule has 6 heteroatoms. The van der Waals surface area contributed by atoms with Crippen LogP contribution in [0.1, 0.15) is 12.8 Å². The number of nitrogens with zero attached hydrogens (tertiary/aromatic N) is 1. The fraction of sp³-hybridized carbons (Fsp3) is 0.462. The summed E-state index contributed by atoms with van der Waals surface area (Å²) < 4.78 is 26.2. The minimum Gasteiger partial charge on any atom is -0.333 e. The Morgan fingerprint density at radius 1 is 1.32 bits per heavy atom. The number of aromatic amines is 1. The molecule has 1 unspecified atom stereocenters. The zero-order chi connectivity index (χ0) is 13.2. The van der Waals surface area contributed by atoms with E-state index in [1.807, 2.05) is 0 Å². The maximum Gasteiger partial charge on any atom is 0.166 e. The normalized spacial score (nSPS) is 20.0. The molecule has 19 heavy (non-hydrogen) atoms. The van der Waals surface area contributed by atoms with E-state index in [2.05, 4.69) is 15.3 Å². The first-order valence-electron chi connectivity index (χ1n) is 6.40. The summed E-state index contributed by atoms with van der Waals surface area (Å²) in [7, 11) is 0. The van der Waals surface area contributed by atoms with Gasteiger partial charge < -0.3 is 10.3 Å². The van der Waals surface area contributed by atoms with Crippen molar-refractivity contribution in [2.45, 2.75) is 18.0 Å². The van der Waals surface area contributed by atoms with E-state index >= 15 is 0 Å². The lowest BCUT2D eigenvalue weighted by Crippen LogP contribution is -2.30. The molecule has 1 aliphatic rings. The number of fused-ring (bicyclic) bond motifs is 1. The molecule has 0 saturated carbocycles. The summed E-state index contributed by atoms with van der Waals surface area (Å²) in [6.07, 6.45) is 2.44. The molecule has 0 radical (unpaired) electrons. The molecule has 3 nitrogen and oxygen atoms in total. The van der Waals surface area contributed by atoms with E-state index in [-0.39, 0.29) is 0 Å². The summed E-state index contributed by atoms with van der Waals surface area (Å²) >= 11 is 1.61. The van der Waals surface area contributed by atoms with E-state index in [0.29, 0.717) is 17.0 Å². The molecule has 1 saturated heterocycles. The summed E-state index contributed by atoms with van der Waals surface area (Å²) in [6, 6.07) is 2.29. The van der Waals surface area contributed by atoms with E-state index in [9.17, 15) is 8.78 Å². The van der Waals surface area contributed by atoms with Crippen LogP contribution in [0.15, 0.2) is 17.3 Å². The molecule has 1 fully saturated rings. The van der Waals surface area contributed by atoms with Crippen LogP contribution in [0.2, 0.25) is 0 Å². The maximum absolute atomic E-state index is 13.1. The van der Waals surface area contributed by atoms with Gasteiger partial charge in [-0.2, -0.15) is 0 Å². The second kappa shape index (κ2) is 5.46. The van der Waals surface area contributed by atoms with E-state index in [1.54, 1.807) is 11.8 Å². The van der Waals surface area contributed by atoms with Crippen molar-refractivity contribution in [2.24, 2.45) is 5.92 Å². The van der Waals surface area contributed by atoms with Crippen molar-refractivity contribution in [1.29, 1.82) is 0 Å². The Morgan fingerprint density at radius 2 is 2.16 bits per heavy atom. The number of imidazole rings is 1. The number of nitrogens with one attached hydrogen (secondary N) is 2. The molecule has 1 aromatic heterocycles. The van der Waals surface area contributed by atoms with Gasteiger partial charge in [-0.25, -0.2) is 13.8 Å². The van der Waals surface area contributed by atoms with E-state index in [1.165, 1.54) is 12.8 Å². The number of thioether (sulfide) groups is 1. The molecule has 1 aromatic carbocycles. The molecule has 0 bridgehead atoms. The van der Waals surface area contributed by atoms with Gasteiger partial charge in [-0.15, -0.1) is 0 Å². The predicted octanol–water partition coefficient (Wildman–Crippen LogP) is 2.93. The molecular weight excluding hydrogens is 268 g/mol. The van der Waals surface area contributed by atoms with Gasteiger partial charge in [0.15, 0.2) is 16.8 Å². The van der Waals surface area contributed by atoms with Gasteiger partial charge in [0.25, 0.3) is 0 Å². The van der Waals surface area contributed by atoms with Crippen LogP contribution in [0.4, 0.5) is 8.78 Å². The molecular formula is C13H15F2N3S. The Kier molecular flexibility index (Phi) is 3.70. The average Bonchev–Trinajstić information content (AvgIpc) is 2.80. The zero-order valence-corrected chi connectivity index (χ0v) is 11.2. The van der Waals surface area contributed by atoms with Crippen LogP contribution in [-0.4, -0.2) is 28.8 Å². The van der Waals surface area contributed by atoms with Gasteiger partial charge in [0.05, 0.1) is 11.0 Å². The zero-order valence-electron chi connectivity index (χ0n) is 10.4. The average molecular weight is 283 g/mol. The number of hydrogen-bond acceptors (Lipinski definition) is 3. The van der Waals surface area contributed by atoms with Crippen molar-refractivity contribution in [3.05, 3.63) is 23.8 Å². The molecule has 2 N–H and O–H groups in total. The van der Waals surface area contributed by atoms with Gasteiger partial charge in [0, 0.05) is 17.9 Å². The molecule has 0 aliphatic carbocycles. The number of hydrogen-bond donors (Lipinski definition) is 2. The highest BCUT2D eigenvalue weighted by atomic mass is 32.2. The number of benzene rings is 1. The lowest BCUT2D eigenvalue weighted by Gasteiger charge is -2.21. The Labute approximate surface area is 114 Å². The quantitative estimate of drug-likeness (QED) is 0.851. The first-order chi connectivity index (χ1) is 9.22. The molecule has 1 atom stereocenters. The first-order valence-corrected chi connectivity index (χ1v) is 7.39. The third-order valence-corrected chi connectivity index (χ3v) is 4.46. The molecule has 2 heterocycles. The van der Waals surface area contributed by atoms with Crippen molar-refractivity contribution in [2.75, 3.05) is 18.8 Å². The number of halogens is 2. The second-order valence-electron chi connectivity index (χ2n) is 4.85. The van der Waals surface area contributed by atoms with Crippen molar-refractivity contribution in [3.8, 4) is 0 Å². The minimum atomic E-state index is -0.855. The monoisotopic (exact) mass is 283 g/mol. The molecule has 2 aromatic rings. The fourth-order valence-corrected chi connectivity index (χ4v) is 3.34. The van der Waals surface area contributed by atoms with E-state index in [4.69, 9.17) is 0 Å². The van der Waals surface area contributed by atoms with Gasteiger partial charge in [0.2, 0.25) is 0 Å². The van der Waals surface area contributed by atoms with Gasteiger partial charge in [-0.3, -0.25) is 0 Å². The van der Waals surface area contributed by atoms with Crippen LogP contribution in [0.5, 0.6) is 0 Å². The fourth-order valence-electron chi connectivity index (χ4n) is 2.31. The number of piperidine rings is 1. The molecule has 102 valence electrons. The lowest BCUT2D eigenvalue weighted by molar-refractivity contribution is 0.410. The number of rotatable bonds is 3. The van der Waals surface area contributed by atoms with Crippen molar-refractivity contribution >= 4 is 22.8 Å².